The molecule has 6 nitrogen and oxygen atoms in total. The molecule has 1 N–H and O–H groups in total. The van der Waals surface area contributed by atoms with Crippen LogP contribution in [0.25, 0.3) is 0 Å². The predicted octanol–water partition coefficient (Wildman–Crippen LogP) is 2.54. The molecule has 1 aromatic carbocycles. The summed E-state index contributed by atoms with van der Waals surface area (Å²) in [7, 11) is 3.05. The molecule has 1 aliphatic carbocycles. The normalized spacial score (nSPS) is 16.0. The van der Waals surface area contributed by atoms with Crippen molar-refractivity contribution in [2.75, 3.05) is 26.1 Å². The lowest BCUT2D eigenvalue weighted by atomic mass is 10.1. The molecule has 0 aromatic heterocycles. The third-order valence-electron chi connectivity index (χ3n) is 3.57. The number of benzene rings is 1. The number of allylic oxidation sites excluding steroid dienone is 2. The van der Waals surface area contributed by atoms with Gasteiger partial charge in [-0.15, -0.1) is 0 Å². The van der Waals surface area contributed by atoms with E-state index in [1.807, 2.05) is 6.08 Å². The lowest BCUT2D eigenvalue weighted by Crippen LogP contribution is -2.21. The Hall–Kier alpha value is -2.50. The van der Waals surface area contributed by atoms with E-state index in [9.17, 15) is 9.59 Å². The van der Waals surface area contributed by atoms with Crippen LogP contribution in [0.1, 0.15) is 19.3 Å². The van der Waals surface area contributed by atoms with Gasteiger partial charge in [-0.2, -0.15) is 0 Å². The molecule has 1 aromatic rings. The van der Waals surface area contributed by atoms with E-state index in [1.165, 1.54) is 14.2 Å². The summed E-state index contributed by atoms with van der Waals surface area (Å²) >= 11 is 0. The highest BCUT2D eigenvalue weighted by atomic mass is 16.5. The molecule has 0 saturated heterocycles. The highest BCUT2D eigenvalue weighted by Gasteiger charge is 2.16. The first-order chi connectivity index (χ1) is 11.1. The van der Waals surface area contributed by atoms with Crippen LogP contribution in [0.4, 0.5) is 5.69 Å². The number of esters is 1. The number of hydrogen-bond acceptors (Lipinski definition) is 5. The number of carbonyl (C=O) groups is 2. The molecule has 124 valence electrons. The molecule has 1 atom stereocenters. The van der Waals surface area contributed by atoms with Crippen LogP contribution in [-0.4, -0.2) is 32.7 Å². The van der Waals surface area contributed by atoms with E-state index in [0.717, 1.165) is 12.8 Å². The number of carbonyl (C=O) groups excluding carboxylic acids is 2. The number of rotatable bonds is 7. The highest BCUT2D eigenvalue weighted by molar-refractivity contribution is 5.93. The first-order valence-electron chi connectivity index (χ1n) is 7.46. The summed E-state index contributed by atoms with van der Waals surface area (Å²) in [4.78, 5) is 23.5. The van der Waals surface area contributed by atoms with E-state index < -0.39 is 5.91 Å². The average Bonchev–Trinajstić information content (AvgIpc) is 3.05. The smallest absolute Gasteiger partial charge is 0.306 e. The van der Waals surface area contributed by atoms with Crippen molar-refractivity contribution in [3.05, 3.63) is 30.4 Å². The van der Waals surface area contributed by atoms with Crippen molar-refractivity contribution in [3.63, 3.8) is 0 Å². The molecule has 6 heteroatoms. The van der Waals surface area contributed by atoms with Gasteiger partial charge in [0.15, 0.2) is 18.1 Å². The summed E-state index contributed by atoms with van der Waals surface area (Å²) in [6.45, 7) is -0.302. The van der Waals surface area contributed by atoms with Gasteiger partial charge in [0.05, 0.1) is 20.6 Å². The quantitative estimate of drug-likeness (QED) is 0.617. The summed E-state index contributed by atoms with van der Waals surface area (Å²) in [5, 5.41) is 2.65. The van der Waals surface area contributed by atoms with Gasteiger partial charge in [0.25, 0.3) is 5.91 Å². The van der Waals surface area contributed by atoms with Gasteiger partial charge < -0.3 is 19.5 Å². The number of anilines is 1. The average molecular weight is 319 g/mol. The van der Waals surface area contributed by atoms with Gasteiger partial charge in [-0.1, -0.05) is 12.2 Å². The topological polar surface area (TPSA) is 73.9 Å². The number of nitrogens with one attached hydrogen (secondary N) is 1. The zero-order chi connectivity index (χ0) is 16.7. The zero-order valence-electron chi connectivity index (χ0n) is 13.3. The molecule has 1 aliphatic rings. The van der Waals surface area contributed by atoms with Gasteiger partial charge >= 0.3 is 5.97 Å². The molecule has 0 fully saturated rings. The third-order valence-corrected chi connectivity index (χ3v) is 3.57. The Kier molecular flexibility index (Phi) is 6.02. The van der Waals surface area contributed by atoms with Crippen molar-refractivity contribution in [1.29, 1.82) is 0 Å². The van der Waals surface area contributed by atoms with Crippen molar-refractivity contribution < 1.29 is 23.8 Å². The van der Waals surface area contributed by atoms with E-state index in [4.69, 9.17) is 14.2 Å². The van der Waals surface area contributed by atoms with Crippen molar-refractivity contribution in [2.24, 2.45) is 5.92 Å². The first kappa shape index (κ1) is 16.9. The van der Waals surface area contributed by atoms with E-state index in [0.29, 0.717) is 23.6 Å². The largest absolute Gasteiger partial charge is 0.493 e. The Balaban J connectivity index is 1.80. The molecule has 0 unspecified atom stereocenters. The molecule has 23 heavy (non-hydrogen) atoms. The van der Waals surface area contributed by atoms with Crippen molar-refractivity contribution in [1.82, 2.24) is 0 Å². The minimum atomic E-state index is -0.396. The van der Waals surface area contributed by atoms with Crippen molar-refractivity contribution in [2.45, 2.75) is 19.3 Å². The van der Waals surface area contributed by atoms with Crippen LogP contribution in [-0.2, 0) is 14.3 Å². The molecule has 0 heterocycles. The summed E-state index contributed by atoms with van der Waals surface area (Å²) < 4.78 is 15.3. The minimum absolute atomic E-state index is 0.233. The number of amides is 1. The Bertz CT molecular complexity index is 597. The van der Waals surface area contributed by atoms with Gasteiger partial charge in [0, 0.05) is 11.8 Å². The highest BCUT2D eigenvalue weighted by Crippen LogP contribution is 2.29. The van der Waals surface area contributed by atoms with Crippen LogP contribution in [0.5, 0.6) is 11.5 Å². The van der Waals surface area contributed by atoms with E-state index in [1.54, 1.807) is 18.2 Å². The Labute approximate surface area is 135 Å². The minimum Gasteiger partial charge on any atom is -0.493 e. The maximum atomic E-state index is 11.8. The third kappa shape index (κ3) is 5.02. The van der Waals surface area contributed by atoms with Crippen LogP contribution in [0.15, 0.2) is 30.4 Å². The monoisotopic (exact) mass is 319 g/mol. The Morgan fingerprint density at radius 1 is 1.22 bits per heavy atom. The SMILES string of the molecule is COc1ccc(NC(=O)COC(=O)C[C@H]2C=CCC2)cc1OC. The summed E-state index contributed by atoms with van der Waals surface area (Å²) in [5.41, 5.74) is 0.544. The van der Waals surface area contributed by atoms with E-state index >= 15 is 0 Å². The van der Waals surface area contributed by atoms with Gasteiger partial charge in [-0.05, 0) is 30.9 Å². The second kappa shape index (κ2) is 8.22. The van der Waals surface area contributed by atoms with Crippen LogP contribution in [0.3, 0.4) is 0 Å². The first-order valence-corrected chi connectivity index (χ1v) is 7.46. The summed E-state index contributed by atoms with van der Waals surface area (Å²) in [6, 6.07) is 5.01. The van der Waals surface area contributed by atoms with Gasteiger partial charge in [-0.3, -0.25) is 9.59 Å². The van der Waals surface area contributed by atoms with Gasteiger partial charge in [0.1, 0.15) is 0 Å². The Morgan fingerprint density at radius 3 is 2.65 bits per heavy atom. The predicted molar refractivity (Wildman–Crippen MR) is 85.6 cm³/mol. The molecule has 0 saturated carbocycles. The van der Waals surface area contributed by atoms with E-state index in [2.05, 4.69) is 11.4 Å². The van der Waals surface area contributed by atoms with Crippen LogP contribution < -0.4 is 14.8 Å². The number of hydrogen-bond donors (Lipinski definition) is 1. The number of ether oxygens (including phenoxy) is 3. The zero-order valence-corrected chi connectivity index (χ0v) is 13.3. The molecular formula is C17H21NO5. The van der Waals surface area contributed by atoms with Crippen LogP contribution >= 0.6 is 0 Å². The fraction of sp³-hybridized carbons (Fsp3) is 0.412. The molecule has 0 aliphatic heterocycles. The van der Waals surface area contributed by atoms with Gasteiger partial charge in [0.2, 0.25) is 0 Å². The second-order valence-electron chi connectivity index (χ2n) is 5.25. The van der Waals surface area contributed by atoms with Gasteiger partial charge in [-0.25, -0.2) is 0 Å². The fourth-order valence-electron chi connectivity index (χ4n) is 2.40. The molecule has 2 rings (SSSR count). The van der Waals surface area contributed by atoms with Crippen LogP contribution in [0, 0.1) is 5.92 Å². The van der Waals surface area contributed by atoms with Crippen molar-refractivity contribution >= 4 is 17.6 Å². The maximum Gasteiger partial charge on any atom is 0.306 e. The lowest BCUT2D eigenvalue weighted by Gasteiger charge is -2.11. The van der Waals surface area contributed by atoms with Crippen LogP contribution in [0.2, 0.25) is 0 Å². The molecule has 1 amide bonds. The number of methoxy groups -OCH3 is 2. The lowest BCUT2D eigenvalue weighted by molar-refractivity contribution is -0.147. The summed E-state index contributed by atoms with van der Waals surface area (Å²) in [6.07, 6.45) is 6.36. The molecule has 0 spiro atoms. The van der Waals surface area contributed by atoms with E-state index in [-0.39, 0.29) is 18.5 Å². The molecule has 0 bridgehead atoms. The molecular weight excluding hydrogens is 298 g/mol. The maximum absolute atomic E-state index is 11.8. The standard InChI is InChI=1S/C17H21NO5/c1-21-14-8-7-13(10-15(14)22-2)18-16(19)11-23-17(20)9-12-5-3-4-6-12/h3,5,7-8,10,12H,4,6,9,11H2,1-2H3,(H,18,19)/t12-/m0/s1. The second-order valence-corrected chi connectivity index (χ2v) is 5.25. The Morgan fingerprint density at radius 2 is 2.00 bits per heavy atom. The fourth-order valence-corrected chi connectivity index (χ4v) is 2.40. The molecule has 0 radical (unpaired) electrons. The van der Waals surface area contributed by atoms with Crippen molar-refractivity contribution in [3.8, 4) is 11.5 Å². The summed E-state index contributed by atoms with van der Waals surface area (Å²) in [5.74, 6) is 0.560.